The van der Waals surface area contributed by atoms with E-state index in [1.165, 1.54) is 29.8 Å². The van der Waals surface area contributed by atoms with Crippen LogP contribution in [0.1, 0.15) is 30.0 Å². The number of rotatable bonds is 3. The topological polar surface area (TPSA) is 17.8 Å². The Morgan fingerprint density at radius 3 is 2.81 bits per heavy atom. The van der Waals surface area contributed by atoms with Crippen molar-refractivity contribution in [3.8, 4) is 5.69 Å². The molecule has 0 saturated heterocycles. The van der Waals surface area contributed by atoms with Crippen molar-refractivity contribution in [3.05, 3.63) is 47.8 Å². The number of halogens is 1. The van der Waals surface area contributed by atoms with Crippen LogP contribution >= 0.6 is 15.9 Å². The van der Waals surface area contributed by atoms with Crippen molar-refractivity contribution in [1.82, 2.24) is 9.78 Å². The predicted molar refractivity (Wildman–Crippen MR) is 68.2 cm³/mol. The zero-order valence-electron chi connectivity index (χ0n) is 8.94. The second-order valence-corrected chi connectivity index (χ2v) is 4.78. The maximum absolute atomic E-state index is 4.65. The van der Waals surface area contributed by atoms with E-state index in [1.807, 2.05) is 4.68 Å². The summed E-state index contributed by atoms with van der Waals surface area (Å²) in [6.45, 7) is 0. The molecule has 0 spiro atoms. The molecule has 0 bridgehead atoms. The Kier molecular flexibility index (Phi) is 2.56. The molecule has 0 atom stereocenters. The summed E-state index contributed by atoms with van der Waals surface area (Å²) in [4.78, 5) is 0. The molecule has 0 radical (unpaired) electrons. The second-order valence-electron chi connectivity index (χ2n) is 4.22. The van der Waals surface area contributed by atoms with Crippen LogP contribution in [0.2, 0.25) is 0 Å². The van der Waals surface area contributed by atoms with Gasteiger partial charge < -0.3 is 0 Å². The number of aromatic nitrogens is 2. The van der Waals surface area contributed by atoms with Crippen LogP contribution in [0.15, 0.2) is 36.5 Å². The third-order valence-electron chi connectivity index (χ3n) is 2.99. The summed E-state index contributed by atoms with van der Waals surface area (Å²) < 4.78 is 1.99. The monoisotopic (exact) mass is 276 g/mol. The lowest BCUT2D eigenvalue weighted by Crippen LogP contribution is -1.99. The minimum atomic E-state index is 0.720. The Morgan fingerprint density at radius 1 is 1.25 bits per heavy atom. The summed E-state index contributed by atoms with van der Waals surface area (Å²) in [5.74, 6) is 0.720. The van der Waals surface area contributed by atoms with E-state index in [9.17, 15) is 0 Å². The van der Waals surface area contributed by atoms with Gasteiger partial charge >= 0.3 is 0 Å². The zero-order chi connectivity index (χ0) is 11.0. The molecule has 1 aromatic heterocycles. The summed E-state index contributed by atoms with van der Waals surface area (Å²) in [6.07, 6.45) is 4.67. The molecular formula is C13H13BrN2. The molecule has 1 heterocycles. The fourth-order valence-electron chi connectivity index (χ4n) is 1.92. The predicted octanol–water partition coefficient (Wildman–Crippen LogP) is 3.64. The molecule has 1 aliphatic carbocycles. The van der Waals surface area contributed by atoms with Gasteiger partial charge in [-0.15, -0.1) is 0 Å². The zero-order valence-corrected chi connectivity index (χ0v) is 10.5. The number of hydrogen-bond acceptors (Lipinski definition) is 1. The molecule has 2 aromatic rings. The molecule has 2 nitrogen and oxygen atoms in total. The average Bonchev–Trinajstić information content (AvgIpc) is 3.07. The van der Waals surface area contributed by atoms with Crippen LogP contribution in [0.3, 0.4) is 0 Å². The number of alkyl halides is 1. The van der Waals surface area contributed by atoms with E-state index in [-0.39, 0.29) is 0 Å². The highest BCUT2D eigenvalue weighted by molar-refractivity contribution is 9.08. The van der Waals surface area contributed by atoms with Crippen molar-refractivity contribution in [2.45, 2.75) is 24.1 Å². The van der Waals surface area contributed by atoms with Gasteiger partial charge in [0.2, 0.25) is 0 Å². The number of nitrogens with zero attached hydrogens (tertiary/aromatic N) is 2. The first kappa shape index (κ1) is 10.1. The summed E-state index contributed by atoms with van der Waals surface area (Å²) in [5, 5.41) is 5.51. The highest BCUT2D eigenvalue weighted by atomic mass is 79.9. The van der Waals surface area contributed by atoms with E-state index in [2.05, 4.69) is 57.6 Å². The molecule has 1 fully saturated rings. The summed E-state index contributed by atoms with van der Waals surface area (Å²) >= 11 is 3.51. The van der Waals surface area contributed by atoms with Crippen molar-refractivity contribution in [1.29, 1.82) is 0 Å². The standard InChI is InChI=1S/C13H13BrN2/c14-9-11-3-1-2-4-13(11)16-8-7-12(15-16)10-5-6-10/h1-4,7-8,10H,5-6,9H2. The minimum Gasteiger partial charge on any atom is -0.240 e. The normalized spacial score (nSPS) is 15.3. The second kappa shape index (κ2) is 4.06. The van der Waals surface area contributed by atoms with Gasteiger partial charge in [-0.2, -0.15) is 5.10 Å². The van der Waals surface area contributed by atoms with Gasteiger partial charge in [-0.05, 0) is 30.5 Å². The fourth-order valence-corrected chi connectivity index (χ4v) is 2.39. The Bertz CT molecular complexity index is 500. The summed E-state index contributed by atoms with van der Waals surface area (Å²) in [7, 11) is 0. The Balaban J connectivity index is 2.00. The fraction of sp³-hybridized carbons (Fsp3) is 0.308. The summed E-state index contributed by atoms with van der Waals surface area (Å²) in [5.41, 5.74) is 3.68. The first-order chi connectivity index (χ1) is 7.88. The lowest BCUT2D eigenvalue weighted by Gasteiger charge is -2.06. The number of benzene rings is 1. The Labute approximate surface area is 103 Å². The van der Waals surface area contributed by atoms with Gasteiger partial charge in [0.25, 0.3) is 0 Å². The average molecular weight is 277 g/mol. The quantitative estimate of drug-likeness (QED) is 0.783. The third kappa shape index (κ3) is 1.80. The van der Waals surface area contributed by atoms with Crippen LogP contribution in [0.5, 0.6) is 0 Å². The van der Waals surface area contributed by atoms with Crippen LogP contribution in [-0.4, -0.2) is 9.78 Å². The first-order valence-corrected chi connectivity index (χ1v) is 6.70. The van der Waals surface area contributed by atoms with E-state index in [1.54, 1.807) is 0 Å². The molecule has 1 saturated carbocycles. The molecule has 16 heavy (non-hydrogen) atoms. The van der Waals surface area contributed by atoms with Crippen LogP contribution < -0.4 is 0 Å². The van der Waals surface area contributed by atoms with Crippen LogP contribution in [-0.2, 0) is 5.33 Å². The molecule has 0 N–H and O–H groups in total. The smallest absolute Gasteiger partial charge is 0.0686 e. The van der Waals surface area contributed by atoms with Crippen molar-refractivity contribution in [2.24, 2.45) is 0 Å². The third-order valence-corrected chi connectivity index (χ3v) is 3.59. The van der Waals surface area contributed by atoms with Crippen LogP contribution in [0.4, 0.5) is 0 Å². The highest BCUT2D eigenvalue weighted by Crippen LogP contribution is 2.39. The lowest BCUT2D eigenvalue weighted by atomic mass is 10.2. The molecular weight excluding hydrogens is 264 g/mol. The van der Waals surface area contributed by atoms with Gasteiger partial charge in [0, 0.05) is 17.4 Å². The van der Waals surface area contributed by atoms with Gasteiger partial charge in [-0.3, -0.25) is 0 Å². The molecule has 0 unspecified atom stereocenters. The van der Waals surface area contributed by atoms with Crippen molar-refractivity contribution >= 4 is 15.9 Å². The van der Waals surface area contributed by atoms with Crippen LogP contribution in [0, 0.1) is 0 Å². The van der Waals surface area contributed by atoms with E-state index < -0.39 is 0 Å². The SMILES string of the molecule is BrCc1ccccc1-n1ccc(C2CC2)n1. The van der Waals surface area contributed by atoms with Gasteiger partial charge in [0.15, 0.2) is 0 Å². The number of para-hydroxylation sites is 1. The maximum atomic E-state index is 4.65. The van der Waals surface area contributed by atoms with E-state index >= 15 is 0 Å². The summed E-state index contributed by atoms with van der Waals surface area (Å²) in [6, 6.07) is 10.5. The molecule has 3 rings (SSSR count). The largest absolute Gasteiger partial charge is 0.240 e. The molecule has 1 aromatic carbocycles. The lowest BCUT2D eigenvalue weighted by molar-refractivity contribution is 0.831. The van der Waals surface area contributed by atoms with E-state index in [4.69, 9.17) is 0 Å². The first-order valence-electron chi connectivity index (χ1n) is 5.58. The van der Waals surface area contributed by atoms with E-state index in [0.717, 1.165) is 11.2 Å². The number of hydrogen-bond donors (Lipinski definition) is 0. The van der Waals surface area contributed by atoms with Gasteiger partial charge in [-0.1, -0.05) is 34.1 Å². The Morgan fingerprint density at radius 2 is 2.06 bits per heavy atom. The van der Waals surface area contributed by atoms with Crippen molar-refractivity contribution in [2.75, 3.05) is 0 Å². The molecule has 3 heteroatoms. The van der Waals surface area contributed by atoms with Crippen LogP contribution in [0.25, 0.3) is 5.69 Å². The molecule has 82 valence electrons. The van der Waals surface area contributed by atoms with Gasteiger partial charge in [0.1, 0.15) is 0 Å². The van der Waals surface area contributed by atoms with Gasteiger partial charge in [0.05, 0.1) is 11.4 Å². The van der Waals surface area contributed by atoms with E-state index in [0.29, 0.717) is 0 Å². The molecule has 1 aliphatic rings. The maximum Gasteiger partial charge on any atom is 0.0686 e. The van der Waals surface area contributed by atoms with Crippen molar-refractivity contribution in [3.63, 3.8) is 0 Å². The Hall–Kier alpha value is -1.09. The molecule has 0 amide bonds. The minimum absolute atomic E-state index is 0.720. The van der Waals surface area contributed by atoms with Gasteiger partial charge in [-0.25, -0.2) is 4.68 Å². The van der Waals surface area contributed by atoms with Crippen molar-refractivity contribution < 1.29 is 0 Å². The molecule has 0 aliphatic heterocycles. The highest BCUT2D eigenvalue weighted by Gasteiger charge is 2.25.